The zero-order valence-corrected chi connectivity index (χ0v) is 13.6. The third-order valence-electron chi connectivity index (χ3n) is 4.17. The van der Waals surface area contributed by atoms with Crippen LogP contribution in [0.1, 0.15) is 11.1 Å². The summed E-state index contributed by atoms with van der Waals surface area (Å²) in [4.78, 5) is 0. The smallest absolute Gasteiger partial charge is 0.496 e. The summed E-state index contributed by atoms with van der Waals surface area (Å²) >= 11 is 0. The molecule has 0 bridgehead atoms. The third-order valence-corrected chi connectivity index (χ3v) is 4.17. The Hall–Kier alpha value is -3.16. The first-order valence-corrected chi connectivity index (χ1v) is 7.81. The first-order chi connectivity index (χ1) is 12.4. The molecule has 4 rings (SSSR count). The van der Waals surface area contributed by atoms with Crippen molar-refractivity contribution in [2.45, 2.75) is 12.8 Å². The fraction of sp³-hybridized carbons (Fsp3) is 0.167. The first kappa shape index (κ1) is 16.3. The summed E-state index contributed by atoms with van der Waals surface area (Å²) in [5.74, 6) is 1.12. The zero-order valence-electron chi connectivity index (χ0n) is 13.6. The lowest BCUT2D eigenvalue weighted by molar-refractivity contribution is -0.274. The number of alkyl halides is 3. The molecule has 5 nitrogen and oxygen atoms in total. The van der Waals surface area contributed by atoms with Crippen LogP contribution in [0.2, 0.25) is 0 Å². The zero-order chi connectivity index (χ0) is 18.3. The Kier molecular flexibility index (Phi) is 3.75. The summed E-state index contributed by atoms with van der Waals surface area (Å²) in [6.45, 7) is 0. The molecule has 0 saturated carbocycles. The number of benzene rings is 2. The van der Waals surface area contributed by atoms with Crippen LogP contribution in [-0.4, -0.2) is 23.7 Å². The lowest BCUT2D eigenvalue weighted by atomic mass is 10.1. The number of methoxy groups -OCH3 is 1. The van der Waals surface area contributed by atoms with E-state index in [0.29, 0.717) is 17.9 Å². The monoisotopic (exact) mass is 361 g/mol. The summed E-state index contributed by atoms with van der Waals surface area (Å²) in [7, 11) is 1.61. The number of aromatic amines is 1. The van der Waals surface area contributed by atoms with Gasteiger partial charge in [0, 0.05) is 34.9 Å². The van der Waals surface area contributed by atoms with Crippen LogP contribution in [0.4, 0.5) is 24.7 Å². The highest BCUT2D eigenvalue weighted by Crippen LogP contribution is 2.43. The molecule has 8 heteroatoms. The highest BCUT2D eigenvalue weighted by Gasteiger charge is 2.31. The van der Waals surface area contributed by atoms with Gasteiger partial charge in [0.1, 0.15) is 17.3 Å². The Balaban J connectivity index is 1.61. The van der Waals surface area contributed by atoms with Crippen molar-refractivity contribution in [3.63, 3.8) is 0 Å². The third kappa shape index (κ3) is 2.94. The number of halogens is 3. The molecule has 0 amide bonds. The van der Waals surface area contributed by atoms with Gasteiger partial charge >= 0.3 is 6.36 Å². The maximum atomic E-state index is 12.4. The molecule has 1 aliphatic rings. The molecular weight excluding hydrogens is 347 g/mol. The summed E-state index contributed by atoms with van der Waals surface area (Å²) in [6.07, 6.45) is -4.11. The van der Waals surface area contributed by atoms with Crippen LogP contribution in [0.5, 0.6) is 11.5 Å². The fourth-order valence-corrected chi connectivity index (χ4v) is 3.12. The maximum Gasteiger partial charge on any atom is 0.573 e. The second kappa shape index (κ2) is 5.98. The standard InChI is InChI=1S/C18H14F3N3O2/c1-25-15-7-3-6-12-13(15)9-14-16(12)23-24-17(14)22-10-4-2-5-11(8-10)26-18(19,20)21/h2-8H,9H2,1H3,(H2,22,23,24). The lowest BCUT2D eigenvalue weighted by Gasteiger charge is -2.11. The van der Waals surface area contributed by atoms with Crippen molar-refractivity contribution in [1.29, 1.82) is 0 Å². The minimum absolute atomic E-state index is 0.288. The second-order valence-corrected chi connectivity index (χ2v) is 5.79. The van der Waals surface area contributed by atoms with Crippen LogP contribution < -0.4 is 14.8 Å². The summed E-state index contributed by atoms with van der Waals surface area (Å²) in [5, 5.41) is 10.3. The fourth-order valence-electron chi connectivity index (χ4n) is 3.12. The van der Waals surface area contributed by atoms with E-state index in [1.807, 2.05) is 18.2 Å². The molecule has 1 heterocycles. The Morgan fingerprint density at radius 3 is 2.69 bits per heavy atom. The topological polar surface area (TPSA) is 59.2 Å². The van der Waals surface area contributed by atoms with E-state index in [4.69, 9.17) is 4.74 Å². The number of hydrogen-bond donors (Lipinski definition) is 2. The van der Waals surface area contributed by atoms with Crippen molar-refractivity contribution in [3.05, 3.63) is 53.6 Å². The molecule has 2 N–H and O–H groups in total. The van der Waals surface area contributed by atoms with E-state index >= 15 is 0 Å². The average Bonchev–Trinajstić information content (AvgIpc) is 3.13. The van der Waals surface area contributed by atoms with Gasteiger partial charge in [-0.15, -0.1) is 13.2 Å². The molecule has 0 radical (unpaired) electrons. The number of rotatable bonds is 4. The van der Waals surface area contributed by atoms with Gasteiger partial charge in [0.15, 0.2) is 0 Å². The predicted molar refractivity (Wildman–Crippen MR) is 89.8 cm³/mol. The molecule has 26 heavy (non-hydrogen) atoms. The van der Waals surface area contributed by atoms with Crippen molar-refractivity contribution >= 4 is 11.5 Å². The van der Waals surface area contributed by atoms with E-state index in [2.05, 4.69) is 20.3 Å². The van der Waals surface area contributed by atoms with Crippen LogP contribution in [0, 0.1) is 0 Å². The van der Waals surface area contributed by atoms with E-state index in [1.54, 1.807) is 13.2 Å². The van der Waals surface area contributed by atoms with Crippen molar-refractivity contribution in [1.82, 2.24) is 10.2 Å². The van der Waals surface area contributed by atoms with E-state index in [-0.39, 0.29) is 5.75 Å². The van der Waals surface area contributed by atoms with Gasteiger partial charge in [-0.3, -0.25) is 5.10 Å². The Labute approximate surface area is 146 Å². The van der Waals surface area contributed by atoms with E-state index in [9.17, 15) is 13.2 Å². The Morgan fingerprint density at radius 2 is 1.92 bits per heavy atom. The number of ether oxygens (including phenoxy) is 2. The van der Waals surface area contributed by atoms with Crippen molar-refractivity contribution < 1.29 is 22.6 Å². The molecule has 3 aromatic rings. The van der Waals surface area contributed by atoms with Gasteiger partial charge in [-0.1, -0.05) is 18.2 Å². The van der Waals surface area contributed by atoms with Crippen LogP contribution in [0.3, 0.4) is 0 Å². The predicted octanol–water partition coefficient (Wildman–Crippen LogP) is 4.63. The highest BCUT2D eigenvalue weighted by molar-refractivity contribution is 5.81. The second-order valence-electron chi connectivity index (χ2n) is 5.79. The van der Waals surface area contributed by atoms with Gasteiger partial charge in [0.2, 0.25) is 0 Å². The van der Waals surface area contributed by atoms with Crippen molar-refractivity contribution in [2.75, 3.05) is 12.4 Å². The van der Waals surface area contributed by atoms with Crippen LogP contribution >= 0.6 is 0 Å². The molecule has 0 saturated heterocycles. The molecular formula is C18H14F3N3O2. The summed E-state index contributed by atoms with van der Waals surface area (Å²) < 4.78 is 46.5. The SMILES string of the molecule is COc1cccc2c1Cc1c-2n[nH]c1Nc1cccc(OC(F)(F)F)c1. The van der Waals surface area contributed by atoms with E-state index in [1.165, 1.54) is 18.2 Å². The number of hydrogen-bond acceptors (Lipinski definition) is 4. The molecule has 134 valence electrons. The molecule has 1 aliphatic carbocycles. The molecule has 0 aliphatic heterocycles. The number of nitrogens with zero attached hydrogens (tertiary/aromatic N) is 1. The number of anilines is 2. The Bertz CT molecular complexity index is 967. The number of fused-ring (bicyclic) bond motifs is 3. The number of H-pyrrole nitrogens is 1. The lowest BCUT2D eigenvalue weighted by Crippen LogP contribution is -2.17. The summed E-state index contributed by atoms with van der Waals surface area (Å²) in [5.41, 5.74) is 4.23. The van der Waals surface area contributed by atoms with Crippen molar-refractivity contribution in [2.24, 2.45) is 0 Å². The normalized spacial score (nSPS) is 12.5. The van der Waals surface area contributed by atoms with Gasteiger partial charge in [-0.25, -0.2) is 0 Å². The molecule has 0 unspecified atom stereocenters. The van der Waals surface area contributed by atoms with Gasteiger partial charge in [0.05, 0.1) is 12.8 Å². The van der Waals surface area contributed by atoms with Crippen LogP contribution in [0.15, 0.2) is 42.5 Å². The van der Waals surface area contributed by atoms with Crippen molar-refractivity contribution in [3.8, 4) is 22.8 Å². The quantitative estimate of drug-likeness (QED) is 0.556. The number of aromatic nitrogens is 2. The maximum absolute atomic E-state index is 12.4. The summed E-state index contributed by atoms with van der Waals surface area (Å²) in [6, 6.07) is 11.4. The number of nitrogens with one attached hydrogen (secondary N) is 2. The molecule has 0 spiro atoms. The first-order valence-electron chi connectivity index (χ1n) is 7.81. The average molecular weight is 361 g/mol. The highest BCUT2D eigenvalue weighted by atomic mass is 19.4. The van der Waals surface area contributed by atoms with E-state index < -0.39 is 6.36 Å². The van der Waals surface area contributed by atoms with E-state index in [0.717, 1.165) is 28.1 Å². The molecule has 0 atom stereocenters. The van der Waals surface area contributed by atoms with Gasteiger partial charge in [-0.2, -0.15) is 5.10 Å². The van der Waals surface area contributed by atoms with Gasteiger partial charge in [0.25, 0.3) is 0 Å². The minimum atomic E-state index is -4.73. The van der Waals surface area contributed by atoms with Crippen LogP contribution in [-0.2, 0) is 6.42 Å². The van der Waals surface area contributed by atoms with Crippen LogP contribution in [0.25, 0.3) is 11.3 Å². The molecule has 0 fully saturated rings. The molecule has 1 aromatic heterocycles. The van der Waals surface area contributed by atoms with Gasteiger partial charge < -0.3 is 14.8 Å². The molecule has 2 aromatic carbocycles. The minimum Gasteiger partial charge on any atom is -0.496 e. The Morgan fingerprint density at radius 1 is 1.12 bits per heavy atom. The van der Waals surface area contributed by atoms with Gasteiger partial charge in [-0.05, 0) is 18.2 Å². The largest absolute Gasteiger partial charge is 0.573 e.